The molecule has 1 aromatic heterocycles. The standard InChI is InChI=1S/C15H17FN2/c1-11-3-5-15(9-12(11)2)17-8-7-14-6-4-13(16)10-18-14/h3-6,9-10,17H,7-8H2,1-2H3. The molecular formula is C15H17FN2. The number of nitrogens with zero attached hydrogens (tertiary/aromatic N) is 1. The Kier molecular flexibility index (Phi) is 3.92. The Balaban J connectivity index is 1.88. The number of benzene rings is 1. The summed E-state index contributed by atoms with van der Waals surface area (Å²) in [7, 11) is 0. The van der Waals surface area contributed by atoms with Crippen molar-refractivity contribution in [3.05, 3.63) is 59.2 Å². The Labute approximate surface area is 107 Å². The van der Waals surface area contributed by atoms with Crippen LogP contribution in [0.25, 0.3) is 0 Å². The average Bonchev–Trinajstić information content (AvgIpc) is 2.36. The summed E-state index contributed by atoms with van der Waals surface area (Å²) in [5.41, 5.74) is 4.58. The maximum atomic E-state index is 12.7. The number of rotatable bonds is 4. The lowest BCUT2D eigenvalue weighted by Crippen LogP contribution is -2.06. The fraction of sp³-hybridized carbons (Fsp3) is 0.267. The van der Waals surface area contributed by atoms with Gasteiger partial charge in [0.05, 0.1) is 6.20 Å². The molecule has 0 radical (unpaired) electrons. The van der Waals surface area contributed by atoms with E-state index in [1.54, 1.807) is 6.07 Å². The summed E-state index contributed by atoms with van der Waals surface area (Å²) < 4.78 is 12.7. The lowest BCUT2D eigenvalue weighted by atomic mass is 10.1. The Morgan fingerprint density at radius 2 is 1.94 bits per heavy atom. The van der Waals surface area contributed by atoms with Crippen molar-refractivity contribution in [2.24, 2.45) is 0 Å². The van der Waals surface area contributed by atoms with E-state index in [-0.39, 0.29) is 5.82 Å². The van der Waals surface area contributed by atoms with E-state index < -0.39 is 0 Å². The first-order valence-electron chi connectivity index (χ1n) is 6.07. The minimum absolute atomic E-state index is 0.291. The second kappa shape index (κ2) is 5.63. The van der Waals surface area contributed by atoms with E-state index in [0.29, 0.717) is 0 Å². The molecule has 0 fully saturated rings. The lowest BCUT2D eigenvalue weighted by molar-refractivity contribution is 0.619. The van der Waals surface area contributed by atoms with E-state index >= 15 is 0 Å². The molecule has 3 heteroatoms. The molecule has 2 rings (SSSR count). The molecule has 1 heterocycles. The fourth-order valence-electron chi connectivity index (χ4n) is 1.74. The largest absolute Gasteiger partial charge is 0.385 e. The maximum absolute atomic E-state index is 12.7. The predicted molar refractivity (Wildman–Crippen MR) is 72.3 cm³/mol. The van der Waals surface area contributed by atoms with Gasteiger partial charge in [0.2, 0.25) is 0 Å². The van der Waals surface area contributed by atoms with Crippen molar-refractivity contribution in [1.82, 2.24) is 4.98 Å². The molecule has 0 bridgehead atoms. The van der Waals surface area contributed by atoms with Gasteiger partial charge in [0, 0.05) is 24.3 Å². The van der Waals surface area contributed by atoms with Gasteiger partial charge in [-0.15, -0.1) is 0 Å². The molecule has 1 aromatic carbocycles. The highest BCUT2D eigenvalue weighted by molar-refractivity contribution is 5.48. The van der Waals surface area contributed by atoms with Crippen LogP contribution in [0.3, 0.4) is 0 Å². The van der Waals surface area contributed by atoms with E-state index in [4.69, 9.17) is 0 Å². The van der Waals surface area contributed by atoms with Crippen molar-refractivity contribution in [2.45, 2.75) is 20.3 Å². The van der Waals surface area contributed by atoms with Crippen LogP contribution in [0.1, 0.15) is 16.8 Å². The minimum Gasteiger partial charge on any atom is -0.385 e. The van der Waals surface area contributed by atoms with Gasteiger partial charge in [-0.3, -0.25) is 4.98 Å². The zero-order chi connectivity index (χ0) is 13.0. The van der Waals surface area contributed by atoms with Crippen LogP contribution in [0.4, 0.5) is 10.1 Å². The Morgan fingerprint density at radius 3 is 2.61 bits per heavy atom. The second-order valence-corrected chi connectivity index (χ2v) is 4.44. The van der Waals surface area contributed by atoms with Crippen molar-refractivity contribution < 1.29 is 4.39 Å². The molecule has 2 nitrogen and oxygen atoms in total. The van der Waals surface area contributed by atoms with Gasteiger partial charge in [0.25, 0.3) is 0 Å². The molecule has 0 unspecified atom stereocenters. The first kappa shape index (κ1) is 12.6. The van der Waals surface area contributed by atoms with Gasteiger partial charge in [0.15, 0.2) is 0 Å². The summed E-state index contributed by atoms with van der Waals surface area (Å²) in [6.45, 7) is 4.99. The molecule has 0 amide bonds. The summed E-state index contributed by atoms with van der Waals surface area (Å²) in [6.07, 6.45) is 2.04. The summed E-state index contributed by atoms with van der Waals surface area (Å²) in [6, 6.07) is 9.47. The molecule has 0 aliphatic carbocycles. The van der Waals surface area contributed by atoms with Crippen LogP contribution in [0.5, 0.6) is 0 Å². The van der Waals surface area contributed by atoms with Crippen LogP contribution in [0.2, 0.25) is 0 Å². The molecule has 0 spiro atoms. The van der Waals surface area contributed by atoms with Crippen LogP contribution < -0.4 is 5.32 Å². The van der Waals surface area contributed by atoms with Gasteiger partial charge in [-0.2, -0.15) is 0 Å². The second-order valence-electron chi connectivity index (χ2n) is 4.44. The third kappa shape index (κ3) is 3.29. The monoisotopic (exact) mass is 244 g/mol. The van der Waals surface area contributed by atoms with Crippen molar-refractivity contribution in [3.63, 3.8) is 0 Å². The molecule has 0 saturated carbocycles. The van der Waals surface area contributed by atoms with E-state index in [2.05, 4.69) is 42.3 Å². The SMILES string of the molecule is Cc1ccc(NCCc2ccc(F)cn2)cc1C. The molecule has 1 N–H and O–H groups in total. The zero-order valence-corrected chi connectivity index (χ0v) is 10.7. The minimum atomic E-state index is -0.291. The molecule has 18 heavy (non-hydrogen) atoms. The number of nitrogens with one attached hydrogen (secondary N) is 1. The van der Waals surface area contributed by atoms with E-state index in [0.717, 1.165) is 24.3 Å². The Hall–Kier alpha value is -1.90. The lowest BCUT2D eigenvalue weighted by Gasteiger charge is -2.08. The topological polar surface area (TPSA) is 24.9 Å². The van der Waals surface area contributed by atoms with Gasteiger partial charge in [-0.05, 0) is 49.2 Å². The van der Waals surface area contributed by atoms with Crippen LogP contribution in [0.15, 0.2) is 36.5 Å². The smallest absolute Gasteiger partial charge is 0.141 e. The van der Waals surface area contributed by atoms with Crippen LogP contribution in [-0.2, 0) is 6.42 Å². The van der Waals surface area contributed by atoms with Crippen molar-refractivity contribution >= 4 is 5.69 Å². The van der Waals surface area contributed by atoms with E-state index in [1.807, 2.05) is 0 Å². The van der Waals surface area contributed by atoms with E-state index in [1.165, 1.54) is 23.4 Å². The van der Waals surface area contributed by atoms with Gasteiger partial charge < -0.3 is 5.32 Å². The van der Waals surface area contributed by atoms with E-state index in [9.17, 15) is 4.39 Å². The highest BCUT2D eigenvalue weighted by Crippen LogP contribution is 2.14. The van der Waals surface area contributed by atoms with Gasteiger partial charge in [0.1, 0.15) is 5.82 Å². The molecule has 94 valence electrons. The number of hydrogen-bond donors (Lipinski definition) is 1. The summed E-state index contributed by atoms with van der Waals surface area (Å²) in [5, 5.41) is 3.34. The Bertz CT molecular complexity index is 521. The number of halogens is 1. The number of hydrogen-bond acceptors (Lipinski definition) is 2. The molecule has 2 aromatic rings. The van der Waals surface area contributed by atoms with Crippen molar-refractivity contribution in [2.75, 3.05) is 11.9 Å². The summed E-state index contributed by atoms with van der Waals surface area (Å²) in [4.78, 5) is 4.03. The average molecular weight is 244 g/mol. The maximum Gasteiger partial charge on any atom is 0.141 e. The third-order valence-electron chi connectivity index (χ3n) is 3.01. The normalized spacial score (nSPS) is 10.4. The van der Waals surface area contributed by atoms with Crippen LogP contribution >= 0.6 is 0 Å². The summed E-state index contributed by atoms with van der Waals surface area (Å²) in [5.74, 6) is -0.291. The zero-order valence-electron chi connectivity index (χ0n) is 10.7. The first-order chi connectivity index (χ1) is 8.65. The molecule has 0 aliphatic heterocycles. The van der Waals surface area contributed by atoms with Crippen LogP contribution in [0, 0.1) is 19.7 Å². The number of anilines is 1. The third-order valence-corrected chi connectivity index (χ3v) is 3.01. The van der Waals surface area contributed by atoms with Crippen molar-refractivity contribution in [3.8, 4) is 0 Å². The fourth-order valence-corrected chi connectivity index (χ4v) is 1.74. The highest BCUT2D eigenvalue weighted by Gasteiger charge is 1.98. The summed E-state index contributed by atoms with van der Waals surface area (Å²) >= 11 is 0. The number of aryl methyl sites for hydroxylation is 2. The van der Waals surface area contributed by atoms with Gasteiger partial charge in [-0.25, -0.2) is 4.39 Å². The number of aromatic nitrogens is 1. The molecule has 0 saturated heterocycles. The molecule has 0 aliphatic rings. The quantitative estimate of drug-likeness (QED) is 0.890. The first-order valence-corrected chi connectivity index (χ1v) is 6.07. The van der Waals surface area contributed by atoms with Gasteiger partial charge in [-0.1, -0.05) is 6.07 Å². The van der Waals surface area contributed by atoms with Crippen molar-refractivity contribution in [1.29, 1.82) is 0 Å². The van der Waals surface area contributed by atoms with Gasteiger partial charge >= 0.3 is 0 Å². The molecule has 0 atom stereocenters. The predicted octanol–water partition coefficient (Wildman–Crippen LogP) is 3.49. The van der Waals surface area contributed by atoms with Crippen LogP contribution in [-0.4, -0.2) is 11.5 Å². The Morgan fingerprint density at radius 1 is 1.11 bits per heavy atom. The highest BCUT2D eigenvalue weighted by atomic mass is 19.1. The molecular weight excluding hydrogens is 227 g/mol. The number of pyridine rings is 1.